The minimum Gasteiger partial charge on any atom is -0.493 e. The molecule has 0 spiro atoms. The van der Waals surface area contributed by atoms with Crippen LogP contribution in [-0.4, -0.2) is 23.6 Å². The van der Waals surface area contributed by atoms with Gasteiger partial charge in [-0.2, -0.15) is 0 Å². The van der Waals surface area contributed by atoms with Gasteiger partial charge in [0, 0.05) is 6.42 Å². The molecule has 2 aromatic carbocycles. The third-order valence-electron chi connectivity index (χ3n) is 4.32. The van der Waals surface area contributed by atoms with Crippen LogP contribution in [0.1, 0.15) is 35.6 Å². The van der Waals surface area contributed by atoms with Crippen LogP contribution in [0, 0.1) is 5.82 Å². The number of ether oxygens (including phenoxy) is 1. The molecular weight excluding hydrogens is 325 g/mol. The Bertz CT molecular complexity index is 821. The highest BCUT2D eigenvalue weighted by molar-refractivity contribution is 5.88. The number of benzene rings is 2. The maximum Gasteiger partial charge on any atom is 0.330 e. The van der Waals surface area contributed by atoms with Crippen molar-refractivity contribution in [3.05, 3.63) is 65.0 Å². The molecule has 0 saturated carbocycles. The van der Waals surface area contributed by atoms with Gasteiger partial charge in [0.2, 0.25) is 5.91 Å². The smallest absolute Gasteiger partial charge is 0.330 e. The van der Waals surface area contributed by atoms with Crippen molar-refractivity contribution < 1.29 is 23.8 Å². The second-order valence-electron chi connectivity index (χ2n) is 6.02. The molecule has 25 heavy (non-hydrogen) atoms. The molecule has 1 aliphatic heterocycles. The minimum absolute atomic E-state index is 0.439. The van der Waals surface area contributed by atoms with Crippen LogP contribution in [0.15, 0.2) is 42.5 Å². The molecule has 2 N–H and O–H groups in total. The molecule has 1 amide bonds. The second-order valence-corrected chi connectivity index (χ2v) is 6.02. The van der Waals surface area contributed by atoms with Crippen molar-refractivity contribution in [2.24, 2.45) is 0 Å². The molecule has 3 rings (SSSR count). The largest absolute Gasteiger partial charge is 0.493 e. The van der Waals surface area contributed by atoms with Crippen LogP contribution in [-0.2, 0) is 16.0 Å². The maximum absolute atomic E-state index is 13.3. The molecule has 0 saturated heterocycles. The van der Waals surface area contributed by atoms with Crippen molar-refractivity contribution >= 4 is 11.9 Å². The summed E-state index contributed by atoms with van der Waals surface area (Å²) in [6.45, 7) is 2.18. The lowest BCUT2D eigenvalue weighted by Gasteiger charge is -2.19. The van der Waals surface area contributed by atoms with E-state index in [1.807, 2.05) is 0 Å². The van der Waals surface area contributed by atoms with Gasteiger partial charge in [0.05, 0.1) is 12.5 Å². The van der Waals surface area contributed by atoms with Crippen molar-refractivity contribution in [2.45, 2.75) is 25.3 Å². The van der Waals surface area contributed by atoms with Gasteiger partial charge < -0.3 is 15.2 Å². The molecule has 130 valence electrons. The van der Waals surface area contributed by atoms with E-state index >= 15 is 0 Å². The zero-order valence-electron chi connectivity index (χ0n) is 13.7. The van der Waals surface area contributed by atoms with E-state index in [2.05, 4.69) is 5.32 Å². The van der Waals surface area contributed by atoms with Gasteiger partial charge in [-0.15, -0.1) is 0 Å². The van der Waals surface area contributed by atoms with E-state index in [0.717, 1.165) is 11.3 Å². The van der Waals surface area contributed by atoms with Gasteiger partial charge in [-0.1, -0.05) is 18.2 Å². The van der Waals surface area contributed by atoms with Crippen LogP contribution in [0.4, 0.5) is 4.39 Å². The highest BCUT2D eigenvalue weighted by Crippen LogP contribution is 2.28. The van der Waals surface area contributed by atoms with E-state index in [1.54, 1.807) is 31.2 Å². The van der Waals surface area contributed by atoms with Crippen molar-refractivity contribution in [2.75, 3.05) is 6.61 Å². The first-order valence-electron chi connectivity index (χ1n) is 8.00. The number of halogens is 1. The number of nitrogens with one attached hydrogen (secondary N) is 1. The van der Waals surface area contributed by atoms with E-state index in [-0.39, 0.29) is 0 Å². The van der Waals surface area contributed by atoms with Gasteiger partial charge in [0.15, 0.2) is 6.04 Å². The number of aliphatic carboxylic acids is 1. The lowest BCUT2D eigenvalue weighted by Crippen LogP contribution is -2.36. The molecule has 0 radical (unpaired) electrons. The fraction of sp³-hybridized carbons (Fsp3) is 0.263. The minimum atomic E-state index is -1.17. The molecule has 2 unspecified atom stereocenters. The number of hydrogen-bond acceptors (Lipinski definition) is 3. The van der Waals surface area contributed by atoms with Gasteiger partial charge in [-0.3, -0.25) is 4.79 Å². The van der Waals surface area contributed by atoms with Crippen LogP contribution >= 0.6 is 0 Å². The second kappa shape index (κ2) is 6.93. The van der Waals surface area contributed by atoms with Gasteiger partial charge in [-0.25, -0.2) is 9.18 Å². The Labute approximate surface area is 144 Å². The molecule has 0 bridgehead atoms. The number of carboxylic acids is 1. The number of fused-ring (bicyclic) bond motifs is 1. The van der Waals surface area contributed by atoms with E-state index in [1.165, 1.54) is 18.2 Å². The zero-order chi connectivity index (χ0) is 18.0. The topological polar surface area (TPSA) is 75.6 Å². The Morgan fingerprint density at radius 2 is 2.00 bits per heavy atom. The third kappa shape index (κ3) is 3.63. The summed E-state index contributed by atoms with van der Waals surface area (Å²) in [5, 5.41) is 12.1. The first kappa shape index (κ1) is 17.0. The number of hydrogen-bond donors (Lipinski definition) is 2. The molecule has 0 aromatic heterocycles. The van der Waals surface area contributed by atoms with Crippen LogP contribution in [0.25, 0.3) is 0 Å². The maximum atomic E-state index is 13.3. The summed E-state index contributed by atoms with van der Waals surface area (Å²) in [4.78, 5) is 24.1. The third-order valence-corrected chi connectivity index (χ3v) is 4.32. The number of rotatable bonds is 5. The summed E-state index contributed by atoms with van der Waals surface area (Å²) in [5.74, 6) is -2.00. The molecule has 0 fully saturated rings. The summed E-state index contributed by atoms with van der Waals surface area (Å²) in [6, 6.07) is 9.64. The van der Waals surface area contributed by atoms with E-state index in [9.17, 15) is 19.1 Å². The van der Waals surface area contributed by atoms with Gasteiger partial charge in [0.25, 0.3) is 0 Å². The van der Waals surface area contributed by atoms with Crippen molar-refractivity contribution in [3.8, 4) is 5.75 Å². The summed E-state index contributed by atoms with van der Waals surface area (Å²) >= 11 is 0. The SMILES string of the molecule is CC(C(=O)NC(C(=O)O)c1ccc2c(c1)CCO2)c1cccc(F)c1. The first-order chi connectivity index (χ1) is 12.0. The Hall–Kier alpha value is -2.89. The first-order valence-corrected chi connectivity index (χ1v) is 8.00. The molecular formula is C19H18FNO4. The van der Waals surface area contributed by atoms with Crippen molar-refractivity contribution in [3.63, 3.8) is 0 Å². The van der Waals surface area contributed by atoms with Crippen LogP contribution in [0.3, 0.4) is 0 Å². The van der Waals surface area contributed by atoms with Gasteiger partial charge in [0.1, 0.15) is 11.6 Å². The molecule has 1 aliphatic rings. The van der Waals surface area contributed by atoms with E-state index < -0.39 is 29.7 Å². The lowest BCUT2D eigenvalue weighted by atomic mass is 9.98. The Kier molecular flexibility index (Phi) is 4.70. The predicted molar refractivity (Wildman–Crippen MR) is 89.0 cm³/mol. The molecule has 2 atom stereocenters. The monoisotopic (exact) mass is 343 g/mol. The molecule has 6 heteroatoms. The summed E-state index contributed by atoms with van der Waals surface area (Å²) in [6.07, 6.45) is 0.711. The molecule has 0 aliphatic carbocycles. The van der Waals surface area contributed by atoms with Crippen LogP contribution in [0.2, 0.25) is 0 Å². The lowest BCUT2D eigenvalue weighted by molar-refractivity contribution is -0.142. The van der Waals surface area contributed by atoms with E-state index in [0.29, 0.717) is 24.2 Å². The van der Waals surface area contributed by atoms with Crippen LogP contribution in [0.5, 0.6) is 5.75 Å². The average molecular weight is 343 g/mol. The fourth-order valence-electron chi connectivity index (χ4n) is 2.87. The normalized spacial score (nSPS) is 15.0. The zero-order valence-corrected chi connectivity index (χ0v) is 13.7. The van der Waals surface area contributed by atoms with Gasteiger partial charge >= 0.3 is 5.97 Å². The number of amides is 1. The summed E-state index contributed by atoms with van der Waals surface area (Å²) in [5.41, 5.74) is 1.90. The number of carbonyl (C=O) groups is 2. The highest BCUT2D eigenvalue weighted by Gasteiger charge is 2.26. The standard InChI is InChI=1S/C19H18FNO4/c1-11(12-3-2-4-15(20)10-12)18(22)21-17(19(23)24)14-5-6-16-13(9-14)7-8-25-16/h2-6,9-11,17H,7-8H2,1H3,(H,21,22)(H,23,24). The molecule has 5 nitrogen and oxygen atoms in total. The fourth-order valence-corrected chi connectivity index (χ4v) is 2.87. The predicted octanol–water partition coefficient (Wildman–Crippen LogP) is 2.81. The van der Waals surface area contributed by atoms with Gasteiger partial charge in [-0.05, 0) is 47.9 Å². The van der Waals surface area contributed by atoms with Crippen molar-refractivity contribution in [1.82, 2.24) is 5.32 Å². The van der Waals surface area contributed by atoms with Crippen molar-refractivity contribution in [1.29, 1.82) is 0 Å². The highest BCUT2D eigenvalue weighted by atomic mass is 19.1. The molecule has 2 aromatic rings. The Morgan fingerprint density at radius 3 is 2.72 bits per heavy atom. The Morgan fingerprint density at radius 1 is 1.20 bits per heavy atom. The summed E-state index contributed by atoms with van der Waals surface area (Å²) in [7, 11) is 0. The number of carboxylic acid groups (broad SMARTS) is 1. The average Bonchev–Trinajstić information content (AvgIpc) is 3.06. The quantitative estimate of drug-likeness (QED) is 0.875. The Balaban J connectivity index is 1.80. The molecule has 1 heterocycles. The van der Waals surface area contributed by atoms with Crippen LogP contribution < -0.4 is 10.1 Å². The summed E-state index contributed by atoms with van der Waals surface area (Å²) < 4.78 is 18.7. The number of carbonyl (C=O) groups excluding carboxylic acids is 1. The van der Waals surface area contributed by atoms with E-state index in [4.69, 9.17) is 4.74 Å².